The minimum Gasteiger partial charge on any atom is -0.478 e. The Hall–Kier alpha value is -2.98. The van der Waals surface area contributed by atoms with E-state index in [1.165, 1.54) is 17.7 Å². The molecule has 0 fully saturated rings. The van der Waals surface area contributed by atoms with Gasteiger partial charge in [-0.15, -0.1) is 0 Å². The molecule has 0 aromatic heterocycles. The van der Waals surface area contributed by atoms with Crippen molar-refractivity contribution in [3.05, 3.63) is 107 Å². The molecule has 3 aromatic carbocycles. The van der Waals surface area contributed by atoms with E-state index in [-0.39, 0.29) is 11.4 Å². The van der Waals surface area contributed by atoms with Crippen molar-refractivity contribution in [3.63, 3.8) is 0 Å². The summed E-state index contributed by atoms with van der Waals surface area (Å²) in [5, 5.41) is 9.03. The van der Waals surface area contributed by atoms with Gasteiger partial charge < -0.3 is 5.11 Å². The van der Waals surface area contributed by atoms with Gasteiger partial charge in [-0.25, -0.2) is 9.18 Å². The zero-order valence-electron chi connectivity index (χ0n) is 14.3. The molecule has 0 saturated carbocycles. The van der Waals surface area contributed by atoms with Crippen LogP contribution in [0.3, 0.4) is 0 Å². The molecule has 0 radical (unpaired) electrons. The maximum absolute atomic E-state index is 13.2. The molecule has 3 nitrogen and oxygen atoms in total. The van der Waals surface area contributed by atoms with E-state index in [4.69, 9.17) is 5.11 Å². The van der Waals surface area contributed by atoms with Gasteiger partial charge in [0.1, 0.15) is 5.82 Å². The number of hydrogen-bond acceptors (Lipinski definition) is 2. The Balaban J connectivity index is 1.77. The van der Waals surface area contributed by atoms with Crippen LogP contribution in [0.1, 0.15) is 27.0 Å². The molecule has 0 aliphatic heterocycles. The van der Waals surface area contributed by atoms with Crippen molar-refractivity contribution < 1.29 is 14.3 Å². The lowest BCUT2D eigenvalue weighted by molar-refractivity contribution is 0.0697. The van der Waals surface area contributed by atoms with Gasteiger partial charge in [0, 0.05) is 19.6 Å². The van der Waals surface area contributed by atoms with E-state index in [0.717, 1.165) is 17.7 Å². The number of aromatic carboxylic acids is 1. The van der Waals surface area contributed by atoms with Crippen LogP contribution in [0.15, 0.2) is 78.9 Å². The summed E-state index contributed by atoms with van der Waals surface area (Å²) in [4.78, 5) is 13.3. The minimum absolute atomic E-state index is 0.243. The van der Waals surface area contributed by atoms with Crippen molar-refractivity contribution >= 4 is 5.97 Å². The number of hydrogen-bond donors (Lipinski definition) is 1. The van der Waals surface area contributed by atoms with E-state index in [2.05, 4.69) is 17.0 Å². The number of carboxylic acid groups (broad SMARTS) is 1. The third-order valence-electron chi connectivity index (χ3n) is 4.18. The van der Waals surface area contributed by atoms with Crippen molar-refractivity contribution in [1.82, 2.24) is 4.90 Å². The molecule has 26 heavy (non-hydrogen) atoms. The fourth-order valence-electron chi connectivity index (χ4n) is 2.87. The number of carboxylic acids is 1. The van der Waals surface area contributed by atoms with Crippen molar-refractivity contribution in [1.29, 1.82) is 0 Å². The molecule has 0 spiro atoms. The zero-order valence-corrected chi connectivity index (χ0v) is 14.3. The predicted molar refractivity (Wildman–Crippen MR) is 99.2 cm³/mol. The zero-order chi connectivity index (χ0) is 18.4. The Morgan fingerprint density at radius 2 is 1.19 bits per heavy atom. The number of rotatable bonds is 7. The molecule has 0 bridgehead atoms. The molecule has 0 heterocycles. The second-order valence-corrected chi connectivity index (χ2v) is 6.26. The summed E-state index contributed by atoms with van der Waals surface area (Å²) in [5.41, 5.74) is 3.54. The van der Waals surface area contributed by atoms with Gasteiger partial charge in [-0.2, -0.15) is 0 Å². The summed E-state index contributed by atoms with van der Waals surface area (Å²) in [6.45, 7) is 2.10. The van der Waals surface area contributed by atoms with Crippen LogP contribution in [0.2, 0.25) is 0 Å². The van der Waals surface area contributed by atoms with E-state index in [1.807, 2.05) is 30.3 Å². The first-order valence-electron chi connectivity index (χ1n) is 8.43. The molecule has 4 heteroatoms. The number of halogens is 1. The standard InChI is InChI=1S/C22H20FNO2/c23-21-12-8-19(9-13-21)16-24(14-17-4-2-1-3-5-17)15-18-6-10-20(11-7-18)22(25)26/h1-13H,14-16H2,(H,25,26). The van der Waals surface area contributed by atoms with E-state index in [1.54, 1.807) is 24.3 Å². The second-order valence-electron chi connectivity index (χ2n) is 6.26. The number of benzene rings is 3. The predicted octanol–water partition coefficient (Wildman–Crippen LogP) is 4.73. The fourth-order valence-corrected chi connectivity index (χ4v) is 2.87. The average molecular weight is 349 g/mol. The SMILES string of the molecule is O=C(O)c1ccc(CN(Cc2ccccc2)Cc2ccc(F)cc2)cc1. The Morgan fingerprint density at radius 3 is 1.69 bits per heavy atom. The fraction of sp³-hybridized carbons (Fsp3) is 0.136. The summed E-state index contributed by atoms with van der Waals surface area (Å²) in [6.07, 6.45) is 0. The van der Waals surface area contributed by atoms with Gasteiger partial charge in [0.15, 0.2) is 0 Å². The molecule has 3 aromatic rings. The molecular weight excluding hydrogens is 329 g/mol. The van der Waals surface area contributed by atoms with Gasteiger partial charge in [-0.05, 0) is 41.0 Å². The maximum Gasteiger partial charge on any atom is 0.335 e. The Kier molecular flexibility index (Phi) is 5.77. The quantitative estimate of drug-likeness (QED) is 0.670. The summed E-state index contributed by atoms with van der Waals surface area (Å²) in [5.74, 6) is -1.17. The van der Waals surface area contributed by atoms with E-state index in [9.17, 15) is 9.18 Å². The molecule has 0 amide bonds. The molecule has 0 saturated heterocycles. The minimum atomic E-state index is -0.927. The van der Waals surface area contributed by atoms with Crippen molar-refractivity contribution in [2.75, 3.05) is 0 Å². The van der Waals surface area contributed by atoms with Crippen molar-refractivity contribution in [2.45, 2.75) is 19.6 Å². The highest BCUT2D eigenvalue weighted by Crippen LogP contribution is 2.15. The van der Waals surface area contributed by atoms with Crippen molar-refractivity contribution in [3.8, 4) is 0 Å². The summed E-state index contributed by atoms with van der Waals surface area (Å²) in [7, 11) is 0. The highest BCUT2D eigenvalue weighted by atomic mass is 19.1. The highest BCUT2D eigenvalue weighted by Gasteiger charge is 2.10. The van der Waals surface area contributed by atoms with Crippen LogP contribution in [0.5, 0.6) is 0 Å². The average Bonchev–Trinajstić information content (AvgIpc) is 2.65. The van der Waals surface area contributed by atoms with Crippen LogP contribution < -0.4 is 0 Å². The number of carbonyl (C=O) groups is 1. The second kappa shape index (κ2) is 8.41. The third-order valence-corrected chi connectivity index (χ3v) is 4.18. The van der Waals surface area contributed by atoms with Gasteiger partial charge in [0.2, 0.25) is 0 Å². The lowest BCUT2D eigenvalue weighted by atomic mass is 10.1. The first kappa shape index (κ1) is 17.8. The van der Waals surface area contributed by atoms with E-state index < -0.39 is 5.97 Å². The Bertz CT molecular complexity index is 846. The first-order valence-corrected chi connectivity index (χ1v) is 8.43. The van der Waals surface area contributed by atoms with Gasteiger partial charge in [-0.1, -0.05) is 54.6 Å². The lowest BCUT2D eigenvalue weighted by Gasteiger charge is -2.23. The van der Waals surface area contributed by atoms with Crippen LogP contribution in [0.25, 0.3) is 0 Å². The Labute approximate surface area is 152 Å². The van der Waals surface area contributed by atoms with Crippen LogP contribution in [0.4, 0.5) is 4.39 Å². The molecule has 1 N–H and O–H groups in total. The van der Waals surface area contributed by atoms with Gasteiger partial charge in [0.25, 0.3) is 0 Å². The summed E-state index contributed by atoms with van der Waals surface area (Å²) < 4.78 is 13.2. The highest BCUT2D eigenvalue weighted by molar-refractivity contribution is 5.87. The smallest absolute Gasteiger partial charge is 0.335 e. The third kappa shape index (κ3) is 5.01. The monoisotopic (exact) mass is 349 g/mol. The van der Waals surface area contributed by atoms with E-state index >= 15 is 0 Å². The van der Waals surface area contributed by atoms with Crippen LogP contribution in [0, 0.1) is 5.82 Å². The molecule has 0 aliphatic carbocycles. The first-order chi connectivity index (χ1) is 12.6. The maximum atomic E-state index is 13.2. The summed E-state index contributed by atoms with van der Waals surface area (Å²) in [6, 6.07) is 23.6. The lowest BCUT2D eigenvalue weighted by Crippen LogP contribution is -2.22. The van der Waals surface area contributed by atoms with Crippen molar-refractivity contribution in [2.24, 2.45) is 0 Å². The summed E-state index contributed by atoms with van der Waals surface area (Å²) >= 11 is 0. The molecule has 0 aliphatic rings. The van der Waals surface area contributed by atoms with Crippen LogP contribution in [-0.4, -0.2) is 16.0 Å². The largest absolute Gasteiger partial charge is 0.478 e. The number of nitrogens with zero attached hydrogens (tertiary/aromatic N) is 1. The van der Waals surface area contributed by atoms with Crippen LogP contribution >= 0.6 is 0 Å². The topological polar surface area (TPSA) is 40.5 Å². The normalized spacial score (nSPS) is 10.8. The van der Waals surface area contributed by atoms with Gasteiger partial charge in [0.05, 0.1) is 5.56 Å². The Morgan fingerprint density at radius 1 is 0.731 bits per heavy atom. The molecule has 132 valence electrons. The van der Waals surface area contributed by atoms with Gasteiger partial charge >= 0.3 is 5.97 Å². The van der Waals surface area contributed by atoms with E-state index in [0.29, 0.717) is 13.1 Å². The van der Waals surface area contributed by atoms with Crippen LogP contribution in [-0.2, 0) is 19.6 Å². The molecular formula is C22H20FNO2. The molecule has 0 atom stereocenters. The molecule has 0 unspecified atom stereocenters. The van der Waals surface area contributed by atoms with Gasteiger partial charge in [-0.3, -0.25) is 4.90 Å². The molecule has 3 rings (SSSR count).